The molecule has 6 heteroatoms. The number of H-pyrrole nitrogens is 2. The first kappa shape index (κ1) is 11.2. The third-order valence-corrected chi connectivity index (χ3v) is 2.74. The van der Waals surface area contributed by atoms with Crippen LogP contribution in [0.3, 0.4) is 0 Å². The Bertz CT molecular complexity index is 783. The Morgan fingerprint density at radius 2 is 2.00 bits per heavy atom. The minimum Gasteiger partial charge on any atom is -0.359 e. The summed E-state index contributed by atoms with van der Waals surface area (Å²) in [6, 6.07) is 7.63. The lowest BCUT2D eigenvalue weighted by Crippen LogP contribution is -2.16. The van der Waals surface area contributed by atoms with Crippen LogP contribution in [0.15, 0.2) is 47.7 Å². The summed E-state index contributed by atoms with van der Waals surface area (Å²) in [5, 5.41) is 3.66. The van der Waals surface area contributed by atoms with E-state index in [1.807, 2.05) is 24.3 Å². The van der Waals surface area contributed by atoms with Gasteiger partial charge in [-0.2, -0.15) is 0 Å². The molecule has 2 heterocycles. The van der Waals surface area contributed by atoms with Crippen molar-refractivity contribution in [3.63, 3.8) is 0 Å². The van der Waals surface area contributed by atoms with Gasteiger partial charge in [-0.1, -0.05) is 18.2 Å². The molecule has 0 bridgehead atoms. The zero-order valence-corrected chi connectivity index (χ0v) is 9.81. The van der Waals surface area contributed by atoms with Gasteiger partial charge < -0.3 is 15.3 Å². The van der Waals surface area contributed by atoms with E-state index in [1.54, 1.807) is 6.20 Å². The fraction of sp³-hybridized carbons (Fsp3) is 0. The number of aromatic nitrogens is 3. The average Bonchev–Trinajstić information content (AvgIpc) is 2.83. The second-order valence-electron chi connectivity index (χ2n) is 4.00. The number of aromatic amines is 2. The molecular formula is C13H10N4O2. The Balaban J connectivity index is 1.90. The van der Waals surface area contributed by atoms with E-state index in [0.29, 0.717) is 5.69 Å². The standard InChI is InChI=1S/C13H10N4O2/c18-12-7-15-11(6-16-12)13(19)17-10-5-14-9-4-2-1-3-8(9)10/h1-7,14H,(H,16,18)(H,17,19). The first-order valence-corrected chi connectivity index (χ1v) is 5.66. The quantitative estimate of drug-likeness (QED) is 0.647. The first-order valence-electron chi connectivity index (χ1n) is 5.66. The van der Waals surface area contributed by atoms with Crippen LogP contribution in [0.1, 0.15) is 10.5 Å². The smallest absolute Gasteiger partial charge is 0.275 e. The maximum atomic E-state index is 12.0. The van der Waals surface area contributed by atoms with Crippen LogP contribution in [0.4, 0.5) is 5.69 Å². The van der Waals surface area contributed by atoms with Crippen LogP contribution < -0.4 is 10.9 Å². The van der Waals surface area contributed by atoms with Gasteiger partial charge in [-0.3, -0.25) is 9.59 Å². The lowest BCUT2D eigenvalue weighted by atomic mass is 10.2. The van der Waals surface area contributed by atoms with Crippen molar-refractivity contribution in [3.8, 4) is 0 Å². The third kappa shape index (κ3) is 2.11. The van der Waals surface area contributed by atoms with Crippen LogP contribution in [0.5, 0.6) is 0 Å². The van der Waals surface area contributed by atoms with Crippen molar-refractivity contribution >= 4 is 22.5 Å². The lowest BCUT2D eigenvalue weighted by molar-refractivity contribution is 0.102. The molecule has 6 nitrogen and oxygen atoms in total. The highest BCUT2D eigenvalue weighted by molar-refractivity contribution is 6.07. The van der Waals surface area contributed by atoms with Gasteiger partial charge in [0.25, 0.3) is 11.5 Å². The molecule has 3 N–H and O–H groups in total. The number of hydrogen-bond acceptors (Lipinski definition) is 3. The van der Waals surface area contributed by atoms with Gasteiger partial charge in [0.2, 0.25) is 0 Å². The number of carbonyl (C=O) groups is 1. The van der Waals surface area contributed by atoms with Crippen LogP contribution in [-0.4, -0.2) is 20.9 Å². The molecular weight excluding hydrogens is 244 g/mol. The summed E-state index contributed by atoms with van der Waals surface area (Å²) >= 11 is 0. The molecule has 0 aliphatic carbocycles. The number of nitrogens with zero attached hydrogens (tertiary/aromatic N) is 1. The van der Waals surface area contributed by atoms with Crippen molar-refractivity contribution in [1.29, 1.82) is 0 Å². The molecule has 1 aromatic carbocycles. The summed E-state index contributed by atoms with van der Waals surface area (Å²) in [6.45, 7) is 0. The molecule has 0 aliphatic rings. The predicted molar refractivity (Wildman–Crippen MR) is 71.1 cm³/mol. The molecule has 0 atom stereocenters. The maximum Gasteiger partial charge on any atom is 0.275 e. The Morgan fingerprint density at radius 1 is 1.16 bits per heavy atom. The number of carbonyl (C=O) groups excluding carboxylic acids is 1. The predicted octanol–water partition coefficient (Wildman–Crippen LogP) is 1.50. The van der Waals surface area contributed by atoms with E-state index in [0.717, 1.165) is 17.1 Å². The molecule has 3 rings (SSSR count). The first-order chi connectivity index (χ1) is 9.24. The molecule has 94 valence electrons. The molecule has 19 heavy (non-hydrogen) atoms. The van der Waals surface area contributed by atoms with Crippen LogP contribution in [-0.2, 0) is 0 Å². The van der Waals surface area contributed by atoms with Gasteiger partial charge in [0.05, 0.1) is 11.9 Å². The largest absolute Gasteiger partial charge is 0.359 e. The number of anilines is 1. The van der Waals surface area contributed by atoms with Crippen molar-refractivity contribution in [1.82, 2.24) is 15.0 Å². The van der Waals surface area contributed by atoms with E-state index in [-0.39, 0.29) is 17.2 Å². The van der Waals surface area contributed by atoms with E-state index in [2.05, 4.69) is 20.3 Å². The Hall–Kier alpha value is -2.89. The number of nitrogens with one attached hydrogen (secondary N) is 3. The van der Waals surface area contributed by atoms with Crippen LogP contribution >= 0.6 is 0 Å². The van der Waals surface area contributed by atoms with E-state index < -0.39 is 0 Å². The zero-order valence-electron chi connectivity index (χ0n) is 9.81. The van der Waals surface area contributed by atoms with Gasteiger partial charge in [0.1, 0.15) is 5.69 Å². The summed E-state index contributed by atoms with van der Waals surface area (Å²) in [4.78, 5) is 32.1. The molecule has 0 saturated carbocycles. The van der Waals surface area contributed by atoms with Crippen LogP contribution in [0.2, 0.25) is 0 Å². The molecule has 0 fully saturated rings. The molecule has 0 saturated heterocycles. The molecule has 0 aliphatic heterocycles. The molecule has 2 aromatic heterocycles. The number of benzene rings is 1. The topological polar surface area (TPSA) is 90.6 Å². The van der Waals surface area contributed by atoms with Crippen LogP contribution in [0, 0.1) is 0 Å². The van der Waals surface area contributed by atoms with Crippen LogP contribution in [0.25, 0.3) is 10.9 Å². The van der Waals surface area contributed by atoms with Gasteiger partial charge in [0, 0.05) is 23.3 Å². The molecule has 0 radical (unpaired) electrons. The van der Waals surface area contributed by atoms with Crippen molar-refractivity contribution in [2.24, 2.45) is 0 Å². The van der Waals surface area contributed by atoms with Crippen molar-refractivity contribution in [2.75, 3.05) is 5.32 Å². The van der Waals surface area contributed by atoms with Gasteiger partial charge >= 0.3 is 0 Å². The molecule has 0 spiro atoms. The van der Waals surface area contributed by atoms with Gasteiger partial charge in [-0.05, 0) is 6.07 Å². The van der Waals surface area contributed by atoms with Gasteiger partial charge in [0.15, 0.2) is 0 Å². The molecule has 1 amide bonds. The molecule has 0 unspecified atom stereocenters. The summed E-state index contributed by atoms with van der Waals surface area (Å²) in [6.07, 6.45) is 4.07. The average molecular weight is 254 g/mol. The van der Waals surface area contributed by atoms with E-state index in [1.165, 1.54) is 6.20 Å². The Morgan fingerprint density at radius 3 is 2.79 bits per heavy atom. The summed E-state index contributed by atoms with van der Waals surface area (Å²) in [5.41, 5.74) is 1.43. The normalized spacial score (nSPS) is 10.5. The lowest BCUT2D eigenvalue weighted by Gasteiger charge is -2.02. The number of amides is 1. The van der Waals surface area contributed by atoms with Gasteiger partial charge in [-0.25, -0.2) is 4.98 Å². The highest BCUT2D eigenvalue weighted by Gasteiger charge is 2.10. The summed E-state index contributed by atoms with van der Waals surface area (Å²) in [5.74, 6) is -0.374. The van der Waals surface area contributed by atoms with E-state index in [9.17, 15) is 9.59 Å². The van der Waals surface area contributed by atoms with Gasteiger partial charge in [-0.15, -0.1) is 0 Å². The van der Waals surface area contributed by atoms with Crippen molar-refractivity contribution in [3.05, 3.63) is 58.9 Å². The fourth-order valence-corrected chi connectivity index (χ4v) is 1.83. The summed E-state index contributed by atoms with van der Waals surface area (Å²) < 4.78 is 0. The fourth-order valence-electron chi connectivity index (χ4n) is 1.83. The maximum absolute atomic E-state index is 12.0. The summed E-state index contributed by atoms with van der Waals surface area (Å²) in [7, 11) is 0. The zero-order chi connectivity index (χ0) is 13.2. The Labute approximate surface area is 107 Å². The minimum absolute atomic E-state index is 0.157. The number of para-hydroxylation sites is 1. The highest BCUT2D eigenvalue weighted by Crippen LogP contribution is 2.22. The van der Waals surface area contributed by atoms with E-state index in [4.69, 9.17) is 0 Å². The monoisotopic (exact) mass is 254 g/mol. The third-order valence-electron chi connectivity index (χ3n) is 2.74. The number of hydrogen-bond donors (Lipinski definition) is 3. The van der Waals surface area contributed by atoms with E-state index >= 15 is 0 Å². The van der Waals surface area contributed by atoms with Crippen molar-refractivity contribution < 1.29 is 4.79 Å². The number of fused-ring (bicyclic) bond motifs is 1. The Kier molecular flexibility index (Phi) is 2.60. The minimum atomic E-state index is -0.374. The second kappa shape index (κ2) is 4.41. The second-order valence-corrected chi connectivity index (χ2v) is 4.00. The molecule has 3 aromatic rings. The number of rotatable bonds is 2. The van der Waals surface area contributed by atoms with Crippen molar-refractivity contribution in [2.45, 2.75) is 0 Å². The highest BCUT2D eigenvalue weighted by atomic mass is 16.2. The SMILES string of the molecule is O=C(Nc1c[nH]c2ccccc12)c1c[nH]c(=O)cn1.